The number of anilines is 1. The molecule has 0 bridgehead atoms. The first kappa shape index (κ1) is 19.2. The van der Waals surface area contributed by atoms with Gasteiger partial charge in [0.2, 0.25) is 0 Å². The van der Waals surface area contributed by atoms with Gasteiger partial charge in [-0.15, -0.1) is 0 Å². The van der Waals surface area contributed by atoms with E-state index in [9.17, 15) is 4.79 Å². The molecule has 29 heavy (non-hydrogen) atoms. The second kappa shape index (κ2) is 9.36. The number of carbonyl (C=O) groups excluding carboxylic acids is 1. The van der Waals surface area contributed by atoms with Crippen LogP contribution in [0.5, 0.6) is 5.75 Å². The van der Waals surface area contributed by atoms with Gasteiger partial charge in [-0.2, -0.15) is 0 Å². The number of morpholine rings is 1. The Balaban J connectivity index is 1.34. The van der Waals surface area contributed by atoms with Gasteiger partial charge < -0.3 is 19.2 Å². The van der Waals surface area contributed by atoms with Gasteiger partial charge >= 0.3 is 0 Å². The number of ether oxygens (including phenoxy) is 2. The number of carbonyl (C=O) groups is 1. The Morgan fingerprint density at radius 2 is 1.93 bits per heavy atom. The molecule has 0 aliphatic carbocycles. The number of rotatable bonds is 7. The molecule has 0 radical (unpaired) electrons. The summed E-state index contributed by atoms with van der Waals surface area (Å²) in [7, 11) is 0. The summed E-state index contributed by atoms with van der Waals surface area (Å²) in [5.74, 6) is 1.08. The summed E-state index contributed by atoms with van der Waals surface area (Å²) >= 11 is 0. The second-order valence-corrected chi connectivity index (χ2v) is 6.77. The first-order valence-corrected chi connectivity index (χ1v) is 9.58. The lowest BCUT2D eigenvalue weighted by molar-refractivity contribution is 0.0341. The van der Waals surface area contributed by atoms with Gasteiger partial charge in [-0.25, -0.2) is 4.98 Å². The molecular formula is C22H23N3O4. The van der Waals surface area contributed by atoms with Crippen molar-refractivity contribution in [3.63, 3.8) is 0 Å². The molecule has 1 aliphatic rings. The average Bonchev–Trinajstić information content (AvgIpc) is 3.24. The molecule has 2 aromatic heterocycles. The average molecular weight is 393 g/mol. The van der Waals surface area contributed by atoms with E-state index in [0.717, 1.165) is 44.2 Å². The van der Waals surface area contributed by atoms with Crippen molar-refractivity contribution in [3.8, 4) is 5.75 Å². The summed E-state index contributed by atoms with van der Waals surface area (Å²) in [6.45, 7) is 4.44. The zero-order chi connectivity index (χ0) is 19.9. The Morgan fingerprint density at radius 3 is 2.69 bits per heavy atom. The summed E-state index contributed by atoms with van der Waals surface area (Å²) in [4.78, 5) is 19.3. The Hall–Kier alpha value is -3.16. The maximum atomic E-state index is 12.6. The van der Waals surface area contributed by atoms with Crippen LogP contribution in [0.4, 0.5) is 5.82 Å². The highest BCUT2D eigenvalue weighted by molar-refractivity contribution is 6.02. The fourth-order valence-corrected chi connectivity index (χ4v) is 3.11. The number of nitrogens with zero attached hydrogens (tertiary/aromatic N) is 2. The molecule has 0 unspecified atom stereocenters. The topological polar surface area (TPSA) is 76.8 Å². The van der Waals surface area contributed by atoms with E-state index in [1.165, 1.54) is 6.26 Å². The standard InChI is InChI=1S/C22H23N3O4/c26-22(21-18(8-11-28-21)16-29-19-4-2-1-3-5-19)24-20-7-6-17(14-23-20)15-25-9-12-27-13-10-25/h1-8,11,14H,9-10,12-13,15-16H2,(H,23,24,26). The SMILES string of the molecule is O=C(Nc1ccc(CN2CCOCC2)cn1)c1occc1COc1ccccc1. The van der Waals surface area contributed by atoms with Gasteiger partial charge in [0.25, 0.3) is 5.91 Å². The number of nitrogens with one attached hydrogen (secondary N) is 1. The molecule has 1 aliphatic heterocycles. The summed E-state index contributed by atoms with van der Waals surface area (Å²) in [6.07, 6.45) is 3.27. The number of aromatic nitrogens is 1. The Labute approximate surface area is 169 Å². The van der Waals surface area contributed by atoms with E-state index in [1.807, 2.05) is 36.4 Å². The van der Waals surface area contributed by atoms with E-state index in [1.54, 1.807) is 18.3 Å². The maximum Gasteiger partial charge on any atom is 0.292 e. The van der Waals surface area contributed by atoms with Crippen LogP contribution in [0.2, 0.25) is 0 Å². The first-order chi connectivity index (χ1) is 14.3. The Kier molecular flexibility index (Phi) is 6.19. The first-order valence-electron chi connectivity index (χ1n) is 9.58. The predicted octanol–water partition coefficient (Wildman–Crippen LogP) is 3.34. The highest BCUT2D eigenvalue weighted by atomic mass is 16.5. The van der Waals surface area contributed by atoms with Crippen molar-refractivity contribution < 1.29 is 18.7 Å². The summed E-state index contributed by atoms with van der Waals surface area (Å²) in [6, 6.07) is 14.9. The molecule has 7 heteroatoms. The van der Waals surface area contributed by atoms with Crippen LogP contribution in [0.15, 0.2) is 65.4 Å². The minimum Gasteiger partial charge on any atom is -0.489 e. The van der Waals surface area contributed by atoms with Gasteiger partial charge in [0, 0.05) is 31.4 Å². The summed E-state index contributed by atoms with van der Waals surface area (Å²) in [5.41, 5.74) is 1.77. The number of furan rings is 1. The number of amides is 1. The number of para-hydroxylation sites is 1. The van der Waals surface area contributed by atoms with Crippen LogP contribution in [0, 0.1) is 0 Å². The Morgan fingerprint density at radius 1 is 1.10 bits per heavy atom. The monoisotopic (exact) mass is 393 g/mol. The summed E-state index contributed by atoms with van der Waals surface area (Å²) < 4.78 is 16.4. The lowest BCUT2D eigenvalue weighted by Crippen LogP contribution is -2.35. The van der Waals surface area contributed by atoms with Gasteiger partial charge in [0.05, 0.1) is 19.5 Å². The third-order valence-corrected chi connectivity index (χ3v) is 4.67. The van der Waals surface area contributed by atoms with Gasteiger partial charge in [-0.1, -0.05) is 24.3 Å². The quantitative estimate of drug-likeness (QED) is 0.663. The largest absolute Gasteiger partial charge is 0.489 e. The van der Waals surface area contributed by atoms with Crippen LogP contribution in [0.1, 0.15) is 21.7 Å². The van der Waals surface area contributed by atoms with Crippen LogP contribution in [-0.4, -0.2) is 42.1 Å². The molecular weight excluding hydrogens is 370 g/mol. The normalized spacial score (nSPS) is 14.5. The smallest absolute Gasteiger partial charge is 0.292 e. The lowest BCUT2D eigenvalue weighted by Gasteiger charge is -2.26. The zero-order valence-corrected chi connectivity index (χ0v) is 16.0. The highest BCUT2D eigenvalue weighted by Crippen LogP contribution is 2.17. The molecule has 1 aromatic carbocycles. The van der Waals surface area contributed by atoms with Crippen LogP contribution in [0.3, 0.4) is 0 Å². The van der Waals surface area contributed by atoms with Crippen molar-refractivity contribution in [2.75, 3.05) is 31.6 Å². The number of hydrogen-bond acceptors (Lipinski definition) is 6. The molecule has 1 N–H and O–H groups in total. The molecule has 4 rings (SSSR count). The number of benzene rings is 1. The van der Waals surface area contributed by atoms with Crippen LogP contribution >= 0.6 is 0 Å². The zero-order valence-electron chi connectivity index (χ0n) is 16.0. The minimum absolute atomic E-state index is 0.222. The van der Waals surface area contributed by atoms with E-state index in [0.29, 0.717) is 11.4 Å². The van der Waals surface area contributed by atoms with E-state index >= 15 is 0 Å². The van der Waals surface area contributed by atoms with Gasteiger partial charge in [-0.05, 0) is 29.8 Å². The van der Waals surface area contributed by atoms with Gasteiger partial charge in [0.15, 0.2) is 5.76 Å². The van der Waals surface area contributed by atoms with Crippen LogP contribution in [0.25, 0.3) is 0 Å². The van der Waals surface area contributed by atoms with Crippen molar-refractivity contribution in [1.82, 2.24) is 9.88 Å². The molecule has 3 heterocycles. The third-order valence-electron chi connectivity index (χ3n) is 4.67. The van der Waals surface area contributed by atoms with Crippen molar-refractivity contribution in [2.45, 2.75) is 13.2 Å². The van der Waals surface area contributed by atoms with E-state index < -0.39 is 0 Å². The molecule has 1 saturated heterocycles. The second-order valence-electron chi connectivity index (χ2n) is 6.77. The molecule has 150 valence electrons. The molecule has 7 nitrogen and oxygen atoms in total. The number of pyridine rings is 1. The van der Waals surface area contributed by atoms with E-state index in [2.05, 4.69) is 15.2 Å². The summed E-state index contributed by atoms with van der Waals surface area (Å²) in [5, 5.41) is 2.78. The van der Waals surface area contributed by atoms with Crippen molar-refractivity contribution >= 4 is 11.7 Å². The van der Waals surface area contributed by atoms with Crippen molar-refractivity contribution in [1.29, 1.82) is 0 Å². The molecule has 1 amide bonds. The number of hydrogen-bond donors (Lipinski definition) is 1. The highest BCUT2D eigenvalue weighted by Gasteiger charge is 2.17. The van der Waals surface area contributed by atoms with Crippen LogP contribution < -0.4 is 10.1 Å². The van der Waals surface area contributed by atoms with Crippen molar-refractivity contribution in [3.05, 3.63) is 77.9 Å². The van der Waals surface area contributed by atoms with Crippen LogP contribution in [-0.2, 0) is 17.9 Å². The van der Waals surface area contributed by atoms with Gasteiger partial charge in [-0.3, -0.25) is 9.69 Å². The predicted molar refractivity (Wildman–Crippen MR) is 108 cm³/mol. The van der Waals surface area contributed by atoms with E-state index in [-0.39, 0.29) is 18.3 Å². The van der Waals surface area contributed by atoms with E-state index in [4.69, 9.17) is 13.9 Å². The molecule has 0 saturated carbocycles. The fourth-order valence-electron chi connectivity index (χ4n) is 3.11. The third kappa shape index (κ3) is 5.22. The minimum atomic E-state index is -0.352. The Bertz CT molecular complexity index is 919. The van der Waals surface area contributed by atoms with Gasteiger partial charge in [0.1, 0.15) is 18.2 Å². The van der Waals surface area contributed by atoms with Crippen molar-refractivity contribution in [2.24, 2.45) is 0 Å². The lowest BCUT2D eigenvalue weighted by atomic mass is 10.2. The maximum absolute atomic E-state index is 12.6. The molecule has 0 atom stereocenters. The molecule has 3 aromatic rings. The fraction of sp³-hybridized carbons (Fsp3) is 0.273. The molecule has 0 spiro atoms. The molecule has 1 fully saturated rings.